The lowest BCUT2D eigenvalue weighted by Gasteiger charge is -2.00. The lowest BCUT2D eigenvalue weighted by atomic mass is 11.0. The Balaban J connectivity index is 4.17. The maximum Gasteiger partial charge on any atom is 0.228 e. The van der Waals surface area contributed by atoms with E-state index in [-0.39, 0.29) is 0 Å². The van der Waals surface area contributed by atoms with Crippen LogP contribution < -0.4 is 4.72 Å². The monoisotopic (exact) mass is 157 g/mol. The van der Waals surface area contributed by atoms with Crippen LogP contribution in [0.25, 0.3) is 0 Å². The third-order valence-electron chi connectivity index (χ3n) is 0.712. The number of halogens is 1. The van der Waals surface area contributed by atoms with Crippen LogP contribution in [-0.4, -0.2) is 20.2 Å². The molecule has 8 heavy (non-hydrogen) atoms. The number of alkyl halides is 1. The molecule has 0 amide bonds. The van der Waals surface area contributed by atoms with Gasteiger partial charge in [0.05, 0.1) is 0 Å². The number of nitrogens with one attached hydrogen (secondary N) is 1. The summed E-state index contributed by atoms with van der Waals surface area (Å²) in [5.74, 6) is 0. The smallest absolute Gasteiger partial charge is 0.217 e. The number of sulfonamides is 1. The summed E-state index contributed by atoms with van der Waals surface area (Å²) in [5.41, 5.74) is 0. The molecule has 1 atom stereocenters. The van der Waals surface area contributed by atoms with Crippen LogP contribution in [0.5, 0.6) is 0 Å². The van der Waals surface area contributed by atoms with E-state index in [4.69, 9.17) is 11.6 Å². The molecule has 0 aromatic carbocycles. The predicted molar refractivity (Wildman–Crippen MR) is 33.3 cm³/mol. The normalized spacial score (nSPS) is 15.9. The second-order valence-corrected chi connectivity index (χ2v) is 4.41. The van der Waals surface area contributed by atoms with Crippen molar-refractivity contribution in [3.63, 3.8) is 0 Å². The van der Waals surface area contributed by atoms with E-state index in [1.54, 1.807) is 0 Å². The molecular formula is C3H8ClNO2S. The fourth-order valence-electron chi connectivity index (χ4n) is 0.162. The average Bonchev–Trinajstić information content (AvgIpc) is 1.67. The first kappa shape index (κ1) is 8.20. The predicted octanol–water partition coefficient (Wildman–Crippen LogP) is 0.120. The maximum atomic E-state index is 10.5. The summed E-state index contributed by atoms with van der Waals surface area (Å²) >= 11 is 5.22. The van der Waals surface area contributed by atoms with Gasteiger partial charge in [-0.05, 0) is 14.0 Å². The van der Waals surface area contributed by atoms with Crippen LogP contribution >= 0.6 is 11.6 Å². The molecule has 0 fully saturated rings. The molecule has 1 unspecified atom stereocenters. The zero-order valence-corrected chi connectivity index (χ0v) is 6.25. The molecular weight excluding hydrogens is 150 g/mol. The second kappa shape index (κ2) is 2.66. The molecule has 0 radical (unpaired) electrons. The highest BCUT2D eigenvalue weighted by Crippen LogP contribution is 2.00. The van der Waals surface area contributed by atoms with E-state index in [0.29, 0.717) is 0 Å². The van der Waals surface area contributed by atoms with Gasteiger partial charge in [-0.25, -0.2) is 13.1 Å². The quantitative estimate of drug-likeness (QED) is 0.579. The Morgan fingerprint density at radius 2 is 2.00 bits per heavy atom. The van der Waals surface area contributed by atoms with Crippen LogP contribution in [0.1, 0.15) is 6.92 Å². The highest BCUT2D eigenvalue weighted by molar-refractivity contribution is 7.91. The Bertz CT molecular complexity index is 151. The molecule has 0 aliphatic rings. The van der Waals surface area contributed by atoms with Crippen LogP contribution in [0.2, 0.25) is 0 Å². The Labute approximate surface area is 54.1 Å². The van der Waals surface area contributed by atoms with Gasteiger partial charge in [0.1, 0.15) is 4.71 Å². The fourth-order valence-corrected chi connectivity index (χ4v) is 0.754. The summed E-state index contributed by atoms with van der Waals surface area (Å²) in [6, 6.07) is 0. The van der Waals surface area contributed by atoms with Gasteiger partial charge in [0.25, 0.3) is 0 Å². The van der Waals surface area contributed by atoms with E-state index in [2.05, 4.69) is 4.72 Å². The summed E-state index contributed by atoms with van der Waals surface area (Å²) in [4.78, 5) is 0. The molecule has 0 saturated heterocycles. The molecule has 0 aliphatic heterocycles. The SMILES string of the molecule is CNS(=O)(=O)C(C)Cl. The summed E-state index contributed by atoms with van der Waals surface area (Å²) in [7, 11) is -1.89. The third-order valence-corrected chi connectivity index (χ3v) is 2.84. The minimum Gasteiger partial charge on any atom is -0.217 e. The van der Waals surface area contributed by atoms with E-state index < -0.39 is 14.7 Å². The van der Waals surface area contributed by atoms with Gasteiger partial charge >= 0.3 is 0 Å². The summed E-state index contributed by atoms with van der Waals surface area (Å²) in [6.45, 7) is 1.40. The molecule has 0 rings (SSSR count). The minimum absolute atomic E-state index is 0.854. The lowest BCUT2D eigenvalue weighted by Crippen LogP contribution is -2.25. The summed E-state index contributed by atoms with van der Waals surface area (Å²) in [5, 5.41) is 0. The van der Waals surface area contributed by atoms with Crippen molar-refractivity contribution in [3.8, 4) is 0 Å². The van der Waals surface area contributed by atoms with Crippen molar-refractivity contribution in [1.29, 1.82) is 0 Å². The zero-order valence-electron chi connectivity index (χ0n) is 4.68. The van der Waals surface area contributed by atoms with Gasteiger partial charge in [0.15, 0.2) is 0 Å². The Morgan fingerprint density at radius 1 is 1.62 bits per heavy atom. The first-order chi connectivity index (χ1) is 3.50. The standard InChI is InChI=1S/C3H8ClNO2S/c1-3(4)8(6,7)5-2/h3,5H,1-2H3. The molecule has 50 valence electrons. The van der Waals surface area contributed by atoms with Crippen LogP contribution in [-0.2, 0) is 10.0 Å². The molecule has 0 bridgehead atoms. The van der Waals surface area contributed by atoms with Gasteiger partial charge in [-0.15, -0.1) is 11.6 Å². The van der Waals surface area contributed by atoms with Crippen molar-refractivity contribution < 1.29 is 8.42 Å². The lowest BCUT2D eigenvalue weighted by molar-refractivity contribution is 0.586. The van der Waals surface area contributed by atoms with E-state index >= 15 is 0 Å². The van der Waals surface area contributed by atoms with E-state index in [1.165, 1.54) is 14.0 Å². The van der Waals surface area contributed by atoms with E-state index in [1.807, 2.05) is 0 Å². The minimum atomic E-state index is -3.22. The van der Waals surface area contributed by atoms with Crippen molar-refractivity contribution >= 4 is 21.6 Å². The number of hydrogen-bond acceptors (Lipinski definition) is 2. The maximum absolute atomic E-state index is 10.5. The van der Waals surface area contributed by atoms with Gasteiger partial charge in [0, 0.05) is 0 Å². The van der Waals surface area contributed by atoms with Crippen LogP contribution in [0.4, 0.5) is 0 Å². The molecule has 5 heteroatoms. The Morgan fingerprint density at radius 3 is 2.00 bits per heavy atom. The van der Waals surface area contributed by atoms with Crippen molar-refractivity contribution in [2.45, 2.75) is 11.6 Å². The third kappa shape index (κ3) is 1.98. The number of hydrogen-bond donors (Lipinski definition) is 1. The van der Waals surface area contributed by atoms with Crippen molar-refractivity contribution in [2.24, 2.45) is 0 Å². The van der Waals surface area contributed by atoms with Gasteiger partial charge in [-0.2, -0.15) is 0 Å². The van der Waals surface area contributed by atoms with Crippen molar-refractivity contribution in [2.75, 3.05) is 7.05 Å². The van der Waals surface area contributed by atoms with Crippen LogP contribution in [0, 0.1) is 0 Å². The Hall–Kier alpha value is 0.200. The van der Waals surface area contributed by atoms with Gasteiger partial charge in [-0.1, -0.05) is 0 Å². The molecule has 1 N–H and O–H groups in total. The molecule has 3 nitrogen and oxygen atoms in total. The summed E-state index contributed by atoms with van der Waals surface area (Å²) < 4.78 is 22.1. The van der Waals surface area contributed by atoms with Crippen molar-refractivity contribution in [3.05, 3.63) is 0 Å². The van der Waals surface area contributed by atoms with Crippen molar-refractivity contribution in [1.82, 2.24) is 4.72 Å². The first-order valence-electron chi connectivity index (χ1n) is 2.07. The van der Waals surface area contributed by atoms with Crippen LogP contribution in [0.3, 0.4) is 0 Å². The van der Waals surface area contributed by atoms with Crippen LogP contribution in [0.15, 0.2) is 0 Å². The first-order valence-corrected chi connectivity index (χ1v) is 4.05. The molecule has 0 saturated carbocycles. The van der Waals surface area contributed by atoms with E-state index in [9.17, 15) is 8.42 Å². The van der Waals surface area contributed by atoms with Gasteiger partial charge < -0.3 is 0 Å². The second-order valence-electron chi connectivity index (χ2n) is 1.29. The molecule has 0 aromatic rings. The highest BCUT2D eigenvalue weighted by Gasteiger charge is 2.13. The van der Waals surface area contributed by atoms with Gasteiger partial charge in [-0.3, -0.25) is 0 Å². The highest BCUT2D eigenvalue weighted by atomic mass is 35.5. The molecule has 0 heterocycles. The van der Waals surface area contributed by atoms with Gasteiger partial charge in [0.2, 0.25) is 10.0 Å². The topological polar surface area (TPSA) is 46.2 Å². The Kier molecular flexibility index (Phi) is 2.73. The average molecular weight is 158 g/mol. The molecule has 0 aromatic heterocycles. The fraction of sp³-hybridized carbons (Fsp3) is 1.00. The largest absolute Gasteiger partial charge is 0.228 e. The molecule has 0 spiro atoms. The number of rotatable bonds is 2. The van der Waals surface area contributed by atoms with E-state index in [0.717, 1.165) is 0 Å². The molecule has 0 aliphatic carbocycles. The summed E-state index contributed by atoms with van der Waals surface area (Å²) in [6.07, 6.45) is 0. The zero-order chi connectivity index (χ0) is 6.78.